The molecule has 0 radical (unpaired) electrons. The highest BCUT2D eigenvalue weighted by Crippen LogP contribution is 2.34. The molecule has 0 saturated heterocycles. The van der Waals surface area contributed by atoms with Gasteiger partial charge in [-0.1, -0.05) is 6.07 Å². The first-order chi connectivity index (χ1) is 16.5. The zero-order valence-corrected chi connectivity index (χ0v) is 17.5. The van der Waals surface area contributed by atoms with Crippen molar-refractivity contribution in [2.45, 2.75) is 0 Å². The largest absolute Gasteiger partial charge is 0.454 e. The molecule has 170 valence electrons. The molecule has 0 fully saturated rings. The van der Waals surface area contributed by atoms with Crippen molar-refractivity contribution in [2.24, 2.45) is 0 Å². The van der Waals surface area contributed by atoms with E-state index in [9.17, 15) is 13.6 Å². The van der Waals surface area contributed by atoms with Crippen LogP contribution in [0.1, 0.15) is 10.4 Å². The number of carbonyl (C=O) groups excluding carboxylic acids is 1. The Bertz CT molecular complexity index is 1370. The number of anilines is 5. The Morgan fingerprint density at radius 3 is 2.50 bits per heavy atom. The highest BCUT2D eigenvalue weighted by molar-refractivity contribution is 6.05. The van der Waals surface area contributed by atoms with Gasteiger partial charge in [0.25, 0.3) is 5.91 Å². The second-order valence-electron chi connectivity index (χ2n) is 7.25. The Kier molecular flexibility index (Phi) is 5.61. The first-order valence-corrected chi connectivity index (χ1v) is 10.2. The summed E-state index contributed by atoms with van der Waals surface area (Å²) in [4.78, 5) is 20.8. The SMILES string of the molecule is O=C(Nc1ccc2c(c1)OCO2)c1cccc(Nc2ncc(F)c(Nc3ccc(F)cc3)n2)c1. The third-order valence-corrected chi connectivity index (χ3v) is 4.86. The lowest BCUT2D eigenvalue weighted by atomic mass is 10.2. The van der Waals surface area contributed by atoms with Crippen LogP contribution in [0.3, 0.4) is 0 Å². The monoisotopic (exact) mass is 461 g/mol. The van der Waals surface area contributed by atoms with Gasteiger partial charge in [0.1, 0.15) is 5.82 Å². The molecule has 3 aromatic carbocycles. The maximum atomic E-state index is 14.2. The van der Waals surface area contributed by atoms with Crippen molar-refractivity contribution in [2.75, 3.05) is 22.7 Å². The van der Waals surface area contributed by atoms with E-state index in [0.29, 0.717) is 34.1 Å². The van der Waals surface area contributed by atoms with Gasteiger partial charge in [0.15, 0.2) is 23.1 Å². The van der Waals surface area contributed by atoms with Gasteiger partial charge in [-0.25, -0.2) is 13.8 Å². The van der Waals surface area contributed by atoms with Crippen LogP contribution in [-0.4, -0.2) is 22.7 Å². The van der Waals surface area contributed by atoms with Gasteiger partial charge >= 0.3 is 0 Å². The van der Waals surface area contributed by atoms with E-state index in [4.69, 9.17) is 9.47 Å². The Labute approximate surface area is 192 Å². The first kappa shape index (κ1) is 21.1. The van der Waals surface area contributed by atoms with Gasteiger partial charge in [-0.3, -0.25) is 4.79 Å². The van der Waals surface area contributed by atoms with E-state index in [2.05, 4.69) is 25.9 Å². The zero-order chi connectivity index (χ0) is 23.5. The van der Waals surface area contributed by atoms with Gasteiger partial charge in [0, 0.05) is 28.7 Å². The molecule has 2 heterocycles. The molecule has 1 amide bonds. The summed E-state index contributed by atoms with van der Waals surface area (Å²) in [5, 5.41) is 8.55. The Morgan fingerprint density at radius 1 is 0.853 bits per heavy atom. The fraction of sp³-hybridized carbons (Fsp3) is 0.0417. The van der Waals surface area contributed by atoms with E-state index in [-0.39, 0.29) is 24.5 Å². The van der Waals surface area contributed by atoms with Crippen LogP contribution in [0.15, 0.2) is 72.9 Å². The number of aromatic nitrogens is 2. The van der Waals surface area contributed by atoms with Gasteiger partial charge < -0.3 is 25.4 Å². The number of hydrogen-bond acceptors (Lipinski definition) is 7. The summed E-state index contributed by atoms with van der Waals surface area (Å²) >= 11 is 0. The number of carbonyl (C=O) groups is 1. The second kappa shape index (κ2) is 9.02. The van der Waals surface area contributed by atoms with E-state index >= 15 is 0 Å². The summed E-state index contributed by atoms with van der Waals surface area (Å²) in [6.07, 6.45) is 1.01. The van der Waals surface area contributed by atoms with Crippen LogP contribution < -0.4 is 25.4 Å². The third kappa shape index (κ3) is 4.70. The molecule has 5 rings (SSSR count). The molecule has 0 unspecified atom stereocenters. The van der Waals surface area contributed by atoms with E-state index in [1.54, 1.807) is 42.5 Å². The molecule has 8 nitrogen and oxygen atoms in total. The normalized spacial score (nSPS) is 11.7. The van der Waals surface area contributed by atoms with E-state index in [0.717, 1.165) is 6.20 Å². The van der Waals surface area contributed by atoms with Gasteiger partial charge in [-0.15, -0.1) is 0 Å². The lowest BCUT2D eigenvalue weighted by Crippen LogP contribution is -2.12. The predicted octanol–water partition coefficient (Wildman–Crippen LogP) is 5.22. The number of rotatable bonds is 6. The number of benzene rings is 3. The fourth-order valence-corrected chi connectivity index (χ4v) is 3.23. The van der Waals surface area contributed by atoms with Gasteiger partial charge in [0.05, 0.1) is 6.20 Å². The molecule has 4 aromatic rings. The maximum Gasteiger partial charge on any atom is 0.255 e. The molecule has 10 heteroatoms. The Balaban J connectivity index is 1.30. The smallest absolute Gasteiger partial charge is 0.255 e. The van der Waals surface area contributed by atoms with Crippen LogP contribution in [-0.2, 0) is 0 Å². The minimum Gasteiger partial charge on any atom is -0.454 e. The standard InChI is InChI=1S/C24H17F2N5O3/c25-15-4-6-16(7-5-15)28-22-19(26)12-27-24(31-22)30-17-3-1-2-14(10-17)23(32)29-18-8-9-20-21(11-18)34-13-33-20/h1-12H,13H2,(H,29,32)(H2,27,28,30,31). The van der Waals surface area contributed by atoms with E-state index in [1.165, 1.54) is 24.3 Å². The molecule has 0 atom stereocenters. The molecule has 0 spiro atoms. The molecular weight excluding hydrogens is 444 g/mol. The fourth-order valence-electron chi connectivity index (χ4n) is 3.23. The molecule has 1 aliphatic rings. The summed E-state index contributed by atoms with van der Waals surface area (Å²) in [7, 11) is 0. The quantitative estimate of drug-likeness (QED) is 0.362. The number of fused-ring (bicyclic) bond motifs is 1. The molecule has 0 bridgehead atoms. The third-order valence-electron chi connectivity index (χ3n) is 4.86. The van der Waals surface area contributed by atoms with Crippen LogP contribution >= 0.6 is 0 Å². The molecular formula is C24H17F2N5O3. The van der Waals surface area contributed by atoms with Crippen molar-refractivity contribution in [3.63, 3.8) is 0 Å². The Hall–Kier alpha value is -4.73. The summed E-state index contributed by atoms with van der Waals surface area (Å²) in [6, 6.07) is 17.2. The highest BCUT2D eigenvalue weighted by Gasteiger charge is 2.15. The van der Waals surface area contributed by atoms with Crippen molar-refractivity contribution < 1.29 is 23.0 Å². The molecule has 1 aliphatic heterocycles. The number of hydrogen-bond donors (Lipinski definition) is 3. The van der Waals surface area contributed by atoms with Crippen molar-refractivity contribution >= 4 is 34.7 Å². The van der Waals surface area contributed by atoms with Crippen LogP contribution in [0.5, 0.6) is 11.5 Å². The molecule has 0 aliphatic carbocycles. The number of amides is 1. The summed E-state index contributed by atoms with van der Waals surface area (Å²) in [6.45, 7) is 0.146. The molecule has 3 N–H and O–H groups in total. The van der Waals surface area contributed by atoms with Crippen LogP contribution in [0.25, 0.3) is 0 Å². The Morgan fingerprint density at radius 2 is 1.65 bits per heavy atom. The van der Waals surface area contributed by atoms with Crippen molar-refractivity contribution in [3.05, 3.63) is 90.1 Å². The van der Waals surface area contributed by atoms with E-state index < -0.39 is 11.6 Å². The second-order valence-corrected chi connectivity index (χ2v) is 7.25. The molecule has 0 saturated carbocycles. The minimum absolute atomic E-state index is 0.0826. The molecule has 34 heavy (non-hydrogen) atoms. The summed E-state index contributed by atoms with van der Waals surface area (Å²) in [5.74, 6) is -0.199. The predicted molar refractivity (Wildman–Crippen MR) is 122 cm³/mol. The van der Waals surface area contributed by atoms with Crippen LogP contribution in [0.4, 0.5) is 37.6 Å². The maximum absolute atomic E-state index is 14.2. The van der Waals surface area contributed by atoms with Crippen molar-refractivity contribution in [3.8, 4) is 11.5 Å². The average Bonchev–Trinajstić information content (AvgIpc) is 3.31. The van der Waals surface area contributed by atoms with Crippen molar-refractivity contribution in [1.29, 1.82) is 0 Å². The van der Waals surface area contributed by atoms with Gasteiger partial charge in [0.2, 0.25) is 12.7 Å². The van der Waals surface area contributed by atoms with Crippen LogP contribution in [0, 0.1) is 11.6 Å². The highest BCUT2D eigenvalue weighted by atomic mass is 19.1. The van der Waals surface area contributed by atoms with Crippen molar-refractivity contribution in [1.82, 2.24) is 9.97 Å². The lowest BCUT2D eigenvalue weighted by Gasteiger charge is -2.11. The van der Waals surface area contributed by atoms with Gasteiger partial charge in [-0.2, -0.15) is 4.98 Å². The first-order valence-electron chi connectivity index (χ1n) is 10.2. The van der Waals surface area contributed by atoms with Gasteiger partial charge in [-0.05, 0) is 54.6 Å². The lowest BCUT2D eigenvalue weighted by molar-refractivity contribution is 0.102. The number of nitrogens with zero attached hydrogens (tertiary/aromatic N) is 2. The summed E-state index contributed by atoms with van der Waals surface area (Å²) < 4.78 is 37.9. The zero-order valence-electron chi connectivity index (χ0n) is 17.5. The topological polar surface area (TPSA) is 97.4 Å². The number of ether oxygens (including phenoxy) is 2. The molecule has 1 aromatic heterocycles. The average molecular weight is 461 g/mol. The number of halogens is 2. The number of nitrogens with one attached hydrogen (secondary N) is 3. The summed E-state index contributed by atoms with van der Waals surface area (Å²) in [5.41, 5.74) is 1.94. The van der Waals surface area contributed by atoms with Crippen LogP contribution in [0.2, 0.25) is 0 Å². The van der Waals surface area contributed by atoms with E-state index in [1.807, 2.05) is 0 Å². The minimum atomic E-state index is -0.674.